The molecule has 0 spiro atoms. The number of carbonyl (C=O) groups is 1. The molecule has 25 valence electrons. The van der Waals surface area contributed by atoms with Crippen LogP contribution in [-0.4, -0.2) is 64.7 Å². The zero-order valence-electron chi connectivity index (χ0n) is 3.80. The number of carbonyl (C=O) groups excluding carboxylic acids is 1. The van der Waals surface area contributed by atoms with E-state index >= 15 is 0 Å². The Labute approximate surface area is 133 Å². The quantitative estimate of drug-likeness (QED) is 0.258. The molecule has 0 aromatic carbocycles. The maximum absolute atomic E-state index is 8.64. The summed E-state index contributed by atoms with van der Waals surface area (Å²) in [6, 6.07) is 0. The van der Waals surface area contributed by atoms with Gasteiger partial charge in [-0.1, -0.05) is 0 Å². The summed E-state index contributed by atoms with van der Waals surface area (Å²) in [5.41, 5.74) is 0. The van der Waals surface area contributed by atoms with Crippen molar-refractivity contribution in [2.45, 2.75) is 0 Å². The molecule has 6 heavy (non-hydrogen) atoms. The number of rotatable bonds is 1. The Morgan fingerprint density at radius 1 is 1.67 bits per heavy atom. The van der Waals surface area contributed by atoms with Crippen LogP contribution in [0.2, 0.25) is 0 Å². The van der Waals surface area contributed by atoms with Crippen LogP contribution < -0.4 is 63.4 Å². The molecule has 0 aromatic heterocycles. The first-order chi connectivity index (χ1) is 1.91. The SMILES string of the molecule is O=CO[O-].[Rb+].[Rb]. The van der Waals surface area contributed by atoms with Gasteiger partial charge in [-0.15, -0.1) is 0 Å². The van der Waals surface area contributed by atoms with E-state index in [9.17, 15) is 0 Å². The monoisotopic (exact) mass is 231 g/mol. The van der Waals surface area contributed by atoms with E-state index in [0.717, 1.165) is 0 Å². The molecule has 5 heteroatoms. The normalized spacial score (nSPS) is 3.50. The third kappa shape index (κ3) is 15.7. The largest absolute Gasteiger partial charge is 1.00 e. The molecule has 0 aliphatic carbocycles. The van der Waals surface area contributed by atoms with Crippen LogP contribution in [-0.2, 0) is 9.68 Å². The van der Waals surface area contributed by atoms with Crippen LogP contribution in [0.5, 0.6) is 0 Å². The molecule has 0 unspecified atom stereocenters. The van der Waals surface area contributed by atoms with Crippen molar-refractivity contribution in [3.63, 3.8) is 0 Å². The Morgan fingerprint density at radius 3 is 1.83 bits per heavy atom. The molecule has 0 rings (SSSR count). The van der Waals surface area contributed by atoms with Crippen molar-refractivity contribution in [3.05, 3.63) is 0 Å². The Morgan fingerprint density at radius 2 is 1.83 bits per heavy atom. The number of hydrogen-bond donors (Lipinski definition) is 0. The average Bonchev–Trinajstić information content (AvgIpc) is 1.37. The summed E-state index contributed by atoms with van der Waals surface area (Å²) in [5, 5.41) is 8.43. The first kappa shape index (κ1) is 16.0. The van der Waals surface area contributed by atoms with Gasteiger partial charge in [0.15, 0.2) is 0 Å². The minimum Gasteiger partial charge on any atom is -0.662 e. The Balaban J connectivity index is -0.0000000450. The smallest absolute Gasteiger partial charge is 0.662 e. The van der Waals surface area contributed by atoms with Gasteiger partial charge >= 0.3 is 58.2 Å². The molecule has 0 amide bonds. The molecular weight excluding hydrogens is 231 g/mol. The summed E-state index contributed by atoms with van der Waals surface area (Å²) in [5.74, 6) is 0. The van der Waals surface area contributed by atoms with Gasteiger partial charge in [0.2, 0.25) is 0 Å². The van der Waals surface area contributed by atoms with Crippen molar-refractivity contribution < 1.29 is 73.1 Å². The third-order valence-corrected chi connectivity index (χ3v) is 0.0393. The molecule has 1 radical (unpaired) electrons. The molecule has 0 saturated carbocycles. The van der Waals surface area contributed by atoms with Gasteiger partial charge in [0, 0.05) is 58.2 Å². The molecule has 3 nitrogen and oxygen atoms in total. The van der Waals surface area contributed by atoms with Gasteiger partial charge in [0.05, 0.1) is 0 Å². The fourth-order valence-corrected chi connectivity index (χ4v) is 0. The van der Waals surface area contributed by atoms with Crippen LogP contribution in [0.25, 0.3) is 0 Å². The first-order valence-corrected chi connectivity index (χ1v) is 0.638. The second-order valence-corrected chi connectivity index (χ2v) is 0.192. The summed E-state index contributed by atoms with van der Waals surface area (Å²) < 4.78 is 0. The zero-order valence-corrected chi connectivity index (χ0v) is 13.6. The summed E-state index contributed by atoms with van der Waals surface area (Å²) in [6.07, 6.45) is 0. The Bertz CT molecular complexity index is 22.8. The van der Waals surface area contributed by atoms with Crippen molar-refractivity contribution in [2.75, 3.05) is 0 Å². The van der Waals surface area contributed by atoms with E-state index in [4.69, 9.17) is 10.1 Å². The van der Waals surface area contributed by atoms with Gasteiger partial charge in [0.1, 0.15) is 0 Å². The van der Waals surface area contributed by atoms with Gasteiger partial charge in [-0.25, -0.2) is 0 Å². The molecule has 0 bridgehead atoms. The zero-order chi connectivity index (χ0) is 3.41. The van der Waals surface area contributed by atoms with E-state index in [-0.39, 0.29) is 123 Å². The summed E-state index contributed by atoms with van der Waals surface area (Å²) in [6.45, 7) is -0.181. The predicted octanol–water partition coefficient (Wildman–Crippen LogP) is -4.94. The summed E-state index contributed by atoms with van der Waals surface area (Å²) >= 11 is 0. The Kier molecular flexibility index (Phi) is 41.9. The molecule has 0 aliphatic heterocycles. The van der Waals surface area contributed by atoms with E-state index < -0.39 is 0 Å². The van der Waals surface area contributed by atoms with Crippen LogP contribution >= 0.6 is 0 Å². The molecule has 0 N–H and O–H groups in total. The van der Waals surface area contributed by atoms with E-state index in [1.807, 2.05) is 0 Å². The van der Waals surface area contributed by atoms with E-state index in [1.165, 1.54) is 0 Å². The first-order valence-electron chi connectivity index (χ1n) is 0.638. The molecule has 0 aliphatic rings. The van der Waals surface area contributed by atoms with Crippen molar-refractivity contribution in [2.24, 2.45) is 0 Å². The number of hydrogen-bond acceptors (Lipinski definition) is 3. The van der Waals surface area contributed by atoms with E-state index in [0.29, 0.717) is 0 Å². The topological polar surface area (TPSA) is 49.4 Å². The fourth-order valence-electron chi connectivity index (χ4n) is 0. The Hall–Kier alpha value is 3.04. The van der Waals surface area contributed by atoms with Crippen LogP contribution in [0.15, 0.2) is 0 Å². The van der Waals surface area contributed by atoms with Gasteiger partial charge < -0.3 is 10.1 Å². The van der Waals surface area contributed by atoms with E-state index in [2.05, 4.69) is 4.89 Å². The van der Waals surface area contributed by atoms with Crippen molar-refractivity contribution >= 4 is 64.7 Å². The minimum absolute atomic E-state index is 0. The minimum atomic E-state index is -0.181. The van der Waals surface area contributed by atoms with Gasteiger partial charge in [-0.05, 0) is 0 Å². The van der Waals surface area contributed by atoms with Crippen LogP contribution in [0.4, 0.5) is 0 Å². The summed E-state index contributed by atoms with van der Waals surface area (Å²) in [7, 11) is 0. The average molecular weight is 232 g/mol. The molecule has 0 aromatic rings. The molecule has 0 fully saturated rings. The van der Waals surface area contributed by atoms with E-state index in [1.54, 1.807) is 0 Å². The van der Waals surface area contributed by atoms with Gasteiger partial charge in [0.25, 0.3) is 6.47 Å². The van der Waals surface area contributed by atoms with Crippen molar-refractivity contribution in [1.29, 1.82) is 0 Å². The molecular formula is CHO3Rb2. The van der Waals surface area contributed by atoms with Gasteiger partial charge in [-0.2, -0.15) is 0 Å². The second kappa shape index (κ2) is 15.7. The molecule has 0 atom stereocenters. The molecule has 0 heterocycles. The predicted molar refractivity (Wildman–Crippen MR) is 12.9 cm³/mol. The summed E-state index contributed by atoms with van der Waals surface area (Å²) in [4.78, 5) is 11.2. The second-order valence-electron chi connectivity index (χ2n) is 0.192. The third-order valence-electron chi connectivity index (χ3n) is 0.0393. The van der Waals surface area contributed by atoms with Crippen LogP contribution in [0.1, 0.15) is 0 Å². The van der Waals surface area contributed by atoms with Crippen LogP contribution in [0.3, 0.4) is 0 Å². The fraction of sp³-hybridized carbons (Fsp3) is 0. The van der Waals surface area contributed by atoms with Crippen molar-refractivity contribution in [3.8, 4) is 0 Å². The maximum Gasteiger partial charge on any atom is 1.00 e. The standard InChI is InChI=1S/CH2O3.2Rb/c2-1-4-3;;/h1,3H;;/q;;+1/p-1. The van der Waals surface area contributed by atoms with Crippen molar-refractivity contribution in [1.82, 2.24) is 0 Å². The van der Waals surface area contributed by atoms with Gasteiger partial charge in [-0.3, -0.25) is 4.79 Å². The van der Waals surface area contributed by atoms with Crippen LogP contribution in [0, 0.1) is 0 Å². The molecule has 0 saturated heterocycles. The maximum atomic E-state index is 8.64.